The van der Waals surface area contributed by atoms with Crippen molar-refractivity contribution in [3.05, 3.63) is 11.7 Å². The number of piperidine rings is 1. The van der Waals surface area contributed by atoms with Gasteiger partial charge in [0, 0.05) is 6.61 Å². The third-order valence-electron chi connectivity index (χ3n) is 4.05. The van der Waals surface area contributed by atoms with Crippen molar-refractivity contribution in [3.8, 4) is 0 Å². The summed E-state index contributed by atoms with van der Waals surface area (Å²) in [5.41, 5.74) is 0.165. The summed E-state index contributed by atoms with van der Waals surface area (Å²) in [6.07, 6.45) is 4.51. The van der Waals surface area contributed by atoms with E-state index in [4.69, 9.17) is 9.26 Å². The van der Waals surface area contributed by atoms with E-state index < -0.39 is 0 Å². The van der Waals surface area contributed by atoms with Gasteiger partial charge in [-0.05, 0) is 37.6 Å². The lowest BCUT2D eigenvalue weighted by Crippen LogP contribution is -2.39. The third kappa shape index (κ3) is 2.17. The molecule has 0 spiro atoms. The lowest BCUT2D eigenvalue weighted by molar-refractivity contribution is 0.102. The van der Waals surface area contributed by atoms with Crippen LogP contribution in [-0.2, 0) is 4.74 Å². The van der Waals surface area contributed by atoms with Crippen LogP contribution >= 0.6 is 0 Å². The molecule has 0 bridgehead atoms. The Hall–Kier alpha value is -0.940. The number of hydrogen-bond donors (Lipinski definition) is 1. The zero-order valence-corrected chi connectivity index (χ0v) is 11.1. The molecule has 1 aromatic heterocycles. The van der Waals surface area contributed by atoms with Gasteiger partial charge in [-0.15, -0.1) is 0 Å². The second-order valence-corrected chi connectivity index (χ2v) is 5.97. The number of aromatic nitrogens is 2. The Morgan fingerprint density at radius 3 is 2.94 bits per heavy atom. The smallest absolute Gasteiger partial charge is 0.244 e. The quantitative estimate of drug-likeness (QED) is 0.874. The Bertz CT molecular complexity index is 410. The summed E-state index contributed by atoms with van der Waals surface area (Å²) in [4.78, 5) is 4.55. The minimum atomic E-state index is 0.0363. The second-order valence-electron chi connectivity index (χ2n) is 5.97. The molecule has 0 radical (unpaired) electrons. The standard InChI is InChI=1S/C13H21N3O2/c1-13(2)6-4-7-14-10(13)12-15-11(16-18-12)9-5-3-8-17-9/h9-10,14H,3-8H2,1-2H3. The van der Waals surface area contributed by atoms with Crippen molar-refractivity contribution in [2.24, 2.45) is 5.41 Å². The van der Waals surface area contributed by atoms with Gasteiger partial charge in [-0.1, -0.05) is 19.0 Å². The molecule has 2 atom stereocenters. The monoisotopic (exact) mass is 251 g/mol. The molecule has 2 aliphatic rings. The van der Waals surface area contributed by atoms with Gasteiger partial charge < -0.3 is 14.6 Å². The van der Waals surface area contributed by atoms with Crippen molar-refractivity contribution < 1.29 is 9.26 Å². The van der Waals surface area contributed by atoms with Gasteiger partial charge in [0.05, 0.1) is 6.04 Å². The van der Waals surface area contributed by atoms with Gasteiger partial charge in [0.2, 0.25) is 11.7 Å². The maximum atomic E-state index is 5.59. The molecule has 2 unspecified atom stereocenters. The predicted molar refractivity (Wildman–Crippen MR) is 66.0 cm³/mol. The van der Waals surface area contributed by atoms with Crippen molar-refractivity contribution in [1.29, 1.82) is 0 Å². The fraction of sp³-hybridized carbons (Fsp3) is 0.846. The van der Waals surface area contributed by atoms with Crippen LogP contribution < -0.4 is 5.32 Å². The Balaban J connectivity index is 1.79. The van der Waals surface area contributed by atoms with E-state index >= 15 is 0 Å². The predicted octanol–water partition coefficient (Wildman–Crippen LogP) is 2.37. The summed E-state index contributed by atoms with van der Waals surface area (Å²) in [6, 6.07) is 0.161. The molecule has 2 saturated heterocycles. The first-order valence-electron chi connectivity index (χ1n) is 6.85. The van der Waals surface area contributed by atoms with E-state index in [1.165, 1.54) is 12.8 Å². The summed E-state index contributed by atoms with van der Waals surface area (Å²) in [7, 11) is 0. The van der Waals surface area contributed by atoms with E-state index in [2.05, 4.69) is 29.3 Å². The summed E-state index contributed by atoms with van der Waals surface area (Å²) in [5.74, 6) is 1.43. The molecular formula is C13H21N3O2. The molecule has 2 fully saturated rings. The van der Waals surface area contributed by atoms with Crippen LogP contribution in [0.5, 0.6) is 0 Å². The molecule has 3 heterocycles. The van der Waals surface area contributed by atoms with Crippen molar-refractivity contribution in [2.45, 2.75) is 51.7 Å². The molecule has 0 saturated carbocycles. The average molecular weight is 251 g/mol. The number of nitrogens with zero attached hydrogens (tertiary/aromatic N) is 2. The topological polar surface area (TPSA) is 60.2 Å². The lowest BCUT2D eigenvalue weighted by Gasteiger charge is -2.36. The Kier molecular flexibility index (Phi) is 3.11. The molecule has 2 aliphatic heterocycles. The first kappa shape index (κ1) is 12.1. The van der Waals surface area contributed by atoms with E-state index in [1.54, 1.807) is 0 Å². The van der Waals surface area contributed by atoms with Gasteiger partial charge in [-0.25, -0.2) is 0 Å². The lowest BCUT2D eigenvalue weighted by atomic mass is 9.77. The zero-order chi connectivity index (χ0) is 12.6. The first-order chi connectivity index (χ1) is 8.67. The Morgan fingerprint density at radius 2 is 2.22 bits per heavy atom. The van der Waals surface area contributed by atoms with Crippen molar-refractivity contribution in [2.75, 3.05) is 13.2 Å². The molecule has 1 N–H and O–H groups in total. The molecule has 100 valence electrons. The molecule has 0 aromatic carbocycles. The van der Waals surface area contributed by atoms with Gasteiger partial charge in [-0.3, -0.25) is 0 Å². The van der Waals surface area contributed by atoms with E-state index in [0.29, 0.717) is 11.7 Å². The number of ether oxygens (including phenoxy) is 1. The normalized spacial score (nSPS) is 31.7. The minimum absolute atomic E-state index is 0.0363. The highest BCUT2D eigenvalue weighted by atomic mass is 16.5. The molecule has 18 heavy (non-hydrogen) atoms. The van der Waals surface area contributed by atoms with Crippen molar-refractivity contribution in [3.63, 3.8) is 0 Å². The van der Waals surface area contributed by atoms with Gasteiger partial charge in [0.15, 0.2) is 0 Å². The molecule has 5 heteroatoms. The second kappa shape index (κ2) is 4.63. The minimum Gasteiger partial charge on any atom is -0.370 e. The molecule has 1 aromatic rings. The summed E-state index contributed by atoms with van der Waals surface area (Å²) in [5, 5.41) is 7.58. The van der Waals surface area contributed by atoms with Crippen LogP contribution in [0.1, 0.15) is 63.4 Å². The Morgan fingerprint density at radius 1 is 1.33 bits per heavy atom. The van der Waals surface area contributed by atoms with Gasteiger partial charge >= 0.3 is 0 Å². The Labute approximate surface area is 107 Å². The van der Waals surface area contributed by atoms with Crippen LogP contribution in [0.3, 0.4) is 0 Å². The van der Waals surface area contributed by atoms with Gasteiger partial charge in [-0.2, -0.15) is 4.98 Å². The highest BCUT2D eigenvalue weighted by molar-refractivity contribution is 5.03. The molecule has 0 amide bonds. The summed E-state index contributed by atoms with van der Waals surface area (Å²) < 4.78 is 11.0. The van der Waals surface area contributed by atoms with Crippen LogP contribution in [0.25, 0.3) is 0 Å². The van der Waals surface area contributed by atoms with Crippen LogP contribution in [0.4, 0.5) is 0 Å². The molecular weight excluding hydrogens is 230 g/mol. The third-order valence-corrected chi connectivity index (χ3v) is 4.05. The molecule has 0 aliphatic carbocycles. The first-order valence-corrected chi connectivity index (χ1v) is 6.85. The summed E-state index contributed by atoms with van der Waals surface area (Å²) in [6.45, 7) is 6.33. The average Bonchev–Trinajstić information content (AvgIpc) is 2.99. The van der Waals surface area contributed by atoms with E-state index in [9.17, 15) is 0 Å². The van der Waals surface area contributed by atoms with E-state index in [0.717, 1.165) is 26.0 Å². The molecule has 3 rings (SSSR count). The van der Waals surface area contributed by atoms with Crippen LogP contribution in [-0.4, -0.2) is 23.3 Å². The van der Waals surface area contributed by atoms with E-state index in [1.807, 2.05) is 0 Å². The highest BCUT2D eigenvalue weighted by Gasteiger charge is 2.37. The molecule has 5 nitrogen and oxygen atoms in total. The van der Waals surface area contributed by atoms with Crippen LogP contribution in [0.2, 0.25) is 0 Å². The fourth-order valence-electron chi connectivity index (χ4n) is 2.91. The van der Waals surface area contributed by atoms with Gasteiger partial charge in [0.1, 0.15) is 6.10 Å². The van der Waals surface area contributed by atoms with Crippen molar-refractivity contribution >= 4 is 0 Å². The zero-order valence-electron chi connectivity index (χ0n) is 11.1. The van der Waals surface area contributed by atoms with Crippen LogP contribution in [0, 0.1) is 5.41 Å². The SMILES string of the molecule is CC1(C)CCCNC1c1nc(C2CCCO2)no1. The number of nitrogens with one attached hydrogen (secondary N) is 1. The summed E-state index contributed by atoms with van der Waals surface area (Å²) >= 11 is 0. The number of rotatable bonds is 2. The maximum absolute atomic E-state index is 5.59. The number of hydrogen-bond acceptors (Lipinski definition) is 5. The van der Waals surface area contributed by atoms with Crippen molar-refractivity contribution in [1.82, 2.24) is 15.5 Å². The highest BCUT2D eigenvalue weighted by Crippen LogP contribution is 2.39. The maximum Gasteiger partial charge on any atom is 0.244 e. The van der Waals surface area contributed by atoms with Crippen LogP contribution in [0.15, 0.2) is 4.52 Å². The van der Waals surface area contributed by atoms with E-state index in [-0.39, 0.29) is 17.6 Å². The fourth-order valence-corrected chi connectivity index (χ4v) is 2.91. The van der Waals surface area contributed by atoms with Gasteiger partial charge in [0.25, 0.3) is 0 Å². The largest absolute Gasteiger partial charge is 0.370 e.